The summed E-state index contributed by atoms with van der Waals surface area (Å²) in [5.41, 5.74) is 0. The van der Waals surface area contributed by atoms with Gasteiger partial charge in [0.05, 0.1) is 18.8 Å². The molecule has 3 N–H and O–H groups in total. The van der Waals surface area contributed by atoms with Crippen LogP contribution in [0.15, 0.2) is 109 Å². The van der Waals surface area contributed by atoms with E-state index >= 15 is 0 Å². The Balaban J connectivity index is 3.50. The van der Waals surface area contributed by atoms with Crippen molar-refractivity contribution in [2.24, 2.45) is 0 Å². The molecule has 0 radical (unpaired) electrons. The minimum absolute atomic E-state index is 0.0634. The van der Waals surface area contributed by atoms with Gasteiger partial charge in [-0.3, -0.25) is 4.79 Å². The largest absolute Gasteiger partial charge is 0.394 e. The van der Waals surface area contributed by atoms with E-state index < -0.39 is 12.1 Å². The first kappa shape index (κ1) is 79.0. The Morgan fingerprint density at radius 3 is 0.805 bits per heavy atom. The van der Waals surface area contributed by atoms with Crippen LogP contribution in [-0.4, -0.2) is 34.9 Å². The molecule has 0 bridgehead atoms. The Morgan fingerprint density at radius 2 is 0.537 bits per heavy atom. The first-order chi connectivity index (χ1) is 40.7. The summed E-state index contributed by atoms with van der Waals surface area (Å²) in [5, 5.41) is 23.3. The number of aliphatic hydroxyl groups is 2. The van der Waals surface area contributed by atoms with Gasteiger partial charge in [-0.2, -0.15) is 0 Å². The molecule has 4 nitrogen and oxygen atoms in total. The quantitative estimate of drug-likeness (QED) is 0.0420. The highest BCUT2D eigenvalue weighted by Gasteiger charge is 2.18. The number of unbranched alkanes of at least 4 members (excludes halogenated alkanes) is 43. The molecule has 82 heavy (non-hydrogen) atoms. The van der Waals surface area contributed by atoms with Crippen molar-refractivity contribution >= 4 is 5.91 Å². The maximum atomic E-state index is 12.6. The summed E-state index contributed by atoms with van der Waals surface area (Å²) in [7, 11) is 0. The first-order valence-corrected chi connectivity index (χ1v) is 36.1. The van der Waals surface area contributed by atoms with E-state index in [2.05, 4.69) is 116 Å². The molecule has 0 rings (SSSR count). The van der Waals surface area contributed by atoms with Crippen molar-refractivity contribution in [3.8, 4) is 0 Å². The molecule has 0 aromatic rings. The lowest BCUT2D eigenvalue weighted by Gasteiger charge is -2.20. The number of carbonyl (C=O) groups is 1. The third kappa shape index (κ3) is 67.8. The van der Waals surface area contributed by atoms with E-state index in [1.54, 1.807) is 6.08 Å². The zero-order chi connectivity index (χ0) is 59.1. The number of hydrogen-bond donors (Lipinski definition) is 3. The molecule has 0 saturated carbocycles. The SMILES string of the molecule is CC/C=C\C/C=C\C/C=C\C/C=C\C/C=C\C/C=C\C/C=C\C/C=C\CCCCCCCCCCCCCCCCC(=O)NC(CO)C(O)/C=C/CCCCCCCCCCCCCCCCCCCCCCCCCCCCCCC. The summed E-state index contributed by atoms with van der Waals surface area (Å²) in [6, 6.07) is -0.630. The van der Waals surface area contributed by atoms with Crippen molar-refractivity contribution in [3.63, 3.8) is 0 Å². The van der Waals surface area contributed by atoms with Gasteiger partial charge in [-0.25, -0.2) is 0 Å². The first-order valence-electron chi connectivity index (χ1n) is 36.1. The Labute approximate surface area is 512 Å². The molecule has 0 aromatic carbocycles. The molecule has 4 heteroatoms. The topological polar surface area (TPSA) is 69.6 Å². The van der Waals surface area contributed by atoms with Crippen molar-refractivity contribution in [3.05, 3.63) is 109 Å². The number of amides is 1. The highest BCUT2D eigenvalue weighted by molar-refractivity contribution is 5.76. The maximum absolute atomic E-state index is 12.6. The van der Waals surface area contributed by atoms with Crippen LogP contribution < -0.4 is 5.32 Å². The molecule has 2 unspecified atom stereocenters. The van der Waals surface area contributed by atoms with Crippen LogP contribution in [0.5, 0.6) is 0 Å². The van der Waals surface area contributed by atoms with Crippen molar-refractivity contribution in [1.29, 1.82) is 0 Å². The van der Waals surface area contributed by atoms with E-state index in [0.717, 1.165) is 77.0 Å². The highest BCUT2D eigenvalue weighted by Crippen LogP contribution is 2.18. The predicted molar refractivity (Wildman–Crippen MR) is 368 cm³/mol. The average molecular weight is 1140 g/mol. The summed E-state index contributed by atoms with van der Waals surface area (Å²) in [6.45, 7) is 4.22. The van der Waals surface area contributed by atoms with Crippen molar-refractivity contribution in [2.45, 2.75) is 373 Å². The Bertz CT molecular complexity index is 1530. The minimum atomic E-state index is -0.847. The van der Waals surface area contributed by atoms with Crippen LogP contribution in [0.3, 0.4) is 0 Å². The van der Waals surface area contributed by atoms with Crippen LogP contribution in [0.2, 0.25) is 0 Å². The van der Waals surface area contributed by atoms with Crippen LogP contribution >= 0.6 is 0 Å². The van der Waals surface area contributed by atoms with Crippen molar-refractivity contribution in [1.82, 2.24) is 5.32 Å². The van der Waals surface area contributed by atoms with Crippen molar-refractivity contribution in [2.75, 3.05) is 6.61 Å². The van der Waals surface area contributed by atoms with E-state index in [4.69, 9.17) is 0 Å². The summed E-state index contributed by atoms with van der Waals surface area (Å²) < 4.78 is 0. The van der Waals surface area contributed by atoms with Gasteiger partial charge < -0.3 is 15.5 Å². The lowest BCUT2D eigenvalue weighted by Crippen LogP contribution is -2.45. The number of hydrogen-bond acceptors (Lipinski definition) is 3. The maximum Gasteiger partial charge on any atom is 0.220 e. The second-order valence-corrected chi connectivity index (χ2v) is 24.3. The molecule has 0 fully saturated rings. The smallest absolute Gasteiger partial charge is 0.220 e. The molecule has 474 valence electrons. The van der Waals surface area contributed by atoms with E-state index in [0.29, 0.717) is 6.42 Å². The van der Waals surface area contributed by atoms with Crippen LogP contribution in [-0.2, 0) is 4.79 Å². The van der Waals surface area contributed by atoms with Crippen LogP contribution in [0.25, 0.3) is 0 Å². The molecule has 1 amide bonds. The third-order valence-electron chi connectivity index (χ3n) is 16.3. The van der Waals surface area contributed by atoms with Gasteiger partial charge in [-0.05, 0) is 83.5 Å². The van der Waals surface area contributed by atoms with Crippen molar-refractivity contribution < 1.29 is 15.0 Å². The lowest BCUT2D eigenvalue weighted by molar-refractivity contribution is -0.123. The van der Waals surface area contributed by atoms with Gasteiger partial charge in [0.25, 0.3) is 0 Å². The van der Waals surface area contributed by atoms with Crippen LogP contribution in [0.4, 0.5) is 0 Å². The zero-order valence-corrected chi connectivity index (χ0v) is 54.7. The van der Waals surface area contributed by atoms with E-state index in [9.17, 15) is 15.0 Å². The van der Waals surface area contributed by atoms with Gasteiger partial charge in [-0.1, -0.05) is 380 Å². The third-order valence-corrected chi connectivity index (χ3v) is 16.3. The highest BCUT2D eigenvalue weighted by atomic mass is 16.3. The molecule has 0 aliphatic rings. The second kappa shape index (κ2) is 72.3. The average Bonchev–Trinajstić information content (AvgIpc) is 3.50. The molecule has 0 aromatic heterocycles. The summed E-state index contributed by atoms with van der Waals surface area (Å²) in [6.07, 6.45) is 109. The molecular weight excluding hydrogens is 999 g/mol. The fraction of sp³-hybridized carbons (Fsp3) is 0.756. The molecule has 0 aliphatic carbocycles. The van der Waals surface area contributed by atoms with Crippen LogP contribution in [0, 0.1) is 0 Å². The second-order valence-electron chi connectivity index (χ2n) is 24.3. The molecule has 0 saturated heterocycles. The Morgan fingerprint density at radius 1 is 0.305 bits per heavy atom. The normalized spacial score (nSPS) is 13.4. The summed E-state index contributed by atoms with van der Waals surface area (Å²) in [4.78, 5) is 12.6. The number of carbonyl (C=O) groups excluding carboxylic acids is 1. The molecule has 0 spiro atoms. The fourth-order valence-corrected chi connectivity index (χ4v) is 10.8. The fourth-order valence-electron chi connectivity index (χ4n) is 10.8. The summed E-state index contributed by atoms with van der Waals surface area (Å²) in [5.74, 6) is -0.0634. The standard InChI is InChI=1S/C78H139NO3/c1-3-5-7-9-11-13-15-17-19-21-23-25-27-29-31-33-35-36-37-38-39-40-41-42-44-46-48-50-52-54-56-58-60-62-64-66-68-70-72-74-78(82)79-76(75-80)77(81)73-71-69-67-65-63-61-59-57-55-53-51-49-47-45-43-34-32-30-28-26-24-22-20-18-16-14-12-10-8-6-4-2/h5,7,11,13,17,19,23,25,29,31,35-36,38-39,41-42,71,73,76-77,80-81H,3-4,6,8-10,12,14-16,18,20-22,24,26-28,30,32-34,37,40,43-70,72,74-75H2,1-2H3,(H,79,82)/b7-5-,13-11-,19-17-,25-23-,31-29-,36-35-,39-38-,42-41-,73-71+. The van der Waals surface area contributed by atoms with Gasteiger partial charge in [0, 0.05) is 6.42 Å². The van der Waals surface area contributed by atoms with E-state index in [-0.39, 0.29) is 12.5 Å². The van der Waals surface area contributed by atoms with Gasteiger partial charge in [0.2, 0.25) is 5.91 Å². The lowest BCUT2D eigenvalue weighted by atomic mass is 10.0. The number of aliphatic hydroxyl groups excluding tert-OH is 2. The number of rotatable bonds is 66. The van der Waals surface area contributed by atoms with Gasteiger partial charge in [-0.15, -0.1) is 0 Å². The molecular formula is C78H139NO3. The number of nitrogens with one attached hydrogen (secondary N) is 1. The van der Waals surface area contributed by atoms with E-state index in [1.807, 2.05) is 6.08 Å². The molecule has 2 atom stereocenters. The van der Waals surface area contributed by atoms with Gasteiger partial charge >= 0.3 is 0 Å². The Kier molecular flexibility index (Phi) is 69.7. The Hall–Kier alpha value is -2.95. The zero-order valence-electron chi connectivity index (χ0n) is 54.7. The molecule has 0 aliphatic heterocycles. The minimum Gasteiger partial charge on any atom is -0.394 e. The molecule has 0 heterocycles. The van der Waals surface area contributed by atoms with Gasteiger partial charge in [0.15, 0.2) is 0 Å². The summed E-state index contributed by atoms with van der Waals surface area (Å²) >= 11 is 0. The monoisotopic (exact) mass is 1140 g/mol. The van der Waals surface area contributed by atoms with Gasteiger partial charge in [0.1, 0.15) is 0 Å². The van der Waals surface area contributed by atoms with Crippen LogP contribution in [0.1, 0.15) is 361 Å². The van der Waals surface area contributed by atoms with E-state index in [1.165, 1.54) is 263 Å². The number of allylic oxidation sites excluding steroid dienone is 17. The predicted octanol–water partition coefficient (Wildman–Crippen LogP) is 24.9.